The molecule has 1 N–H and O–H groups in total. The first kappa shape index (κ1) is 28.8. The Hall–Kier alpha value is -3.23. The van der Waals surface area contributed by atoms with Gasteiger partial charge in [0, 0.05) is 61.9 Å². The minimum absolute atomic E-state index is 0.204. The Balaban J connectivity index is 1.33. The standard InChI is InChI=1S/C30H37ClFN5O2/c1-20(11-15-34-30(38)27-21(2)28(32)29(31)35-22(27)3)36-16-12-25(13-17-36)37(19-23-6-5-14-33-18-23)24-7-9-26(39-4)10-8-24/h5-10,14,18,20,25H,11-13,15-17,19H2,1-4H3,(H,34,38). The normalized spacial score (nSPS) is 15.1. The van der Waals surface area contributed by atoms with E-state index in [2.05, 4.69) is 50.2 Å². The van der Waals surface area contributed by atoms with Crippen LogP contribution in [0.1, 0.15) is 53.4 Å². The van der Waals surface area contributed by atoms with Gasteiger partial charge in [0.05, 0.1) is 18.4 Å². The lowest BCUT2D eigenvalue weighted by atomic mass is 9.99. The first-order chi connectivity index (χ1) is 18.8. The number of carbonyl (C=O) groups excluding carboxylic acids is 1. The summed E-state index contributed by atoms with van der Waals surface area (Å²) in [6, 6.07) is 13.1. The van der Waals surface area contributed by atoms with Gasteiger partial charge in [0.2, 0.25) is 0 Å². The predicted molar refractivity (Wildman–Crippen MR) is 153 cm³/mol. The van der Waals surface area contributed by atoms with E-state index in [1.54, 1.807) is 27.2 Å². The van der Waals surface area contributed by atoms with Crippen LogP contribution in [0.3, 0.4) is 0 Å². The smallest absolute Gasteiger partial charge is 0.253 e. The zero-order chi connectivity index (χ0) is 27.9. The van der Waals surface area contributed by atoms with Crippen molar-refractivity contribution >= 4 is 23.2 Å². The molecule has 1 aliphatic rings. The number of aryl methyl sites for hydroxylation is 1. The number of benzene rings is 1. The molecule has 1 fully saturated rings. The van der Waals surface area contributed by atoms with Gasteiger partial charge in [0.25, 0.3) is 5.91 Å². The molecule has 0 radical (unpaired) electrons. The van der Waals surface area contributed by atoms with Crippen molar-refractivity contribution in [2.24, 2.45) is 0 Å². The van der Waals surface area contributed by atoms with Crippen LogP contribution in [0.4, 0.5) is 10.1 Å². The maximum absolute atomic E-state index is 14.2. The summed E-state index contributed by atoms with van der Waals surface area (Å²) in [7, 11) is 1.68. The fourth-order valence-electron chi connectivity index (χ4n) is 5.32. The van der Waals surface area contributed by atoms with Crippen molar-refractivity contribution in [1.29, 1.82) is 0 Å². The number of pyridine rings is 2. The van der Waals surface area contributed by atoms with Gasteiger partial charge in [0.1, 0.15) is 5.75 Å². The van der Waals surface area contributed by atoms with E-state index in [4.69, 9.17) is 16.3 Å². The number of hydrogen-bond donors (Lipinski definition) is 1. The molecule has 0 aliphatic carbocycles. The quantitative estimate of drug-likeness (QED) is 0.331. The van der Waals surface area contributed by atoms with Gasteiger partial charge >= 0.3 is 0 Å². The zero-order valence-electron chi connectivity index (χ0n) is 23.1. The van der Waals surface area contributed by atoms with Crippen molar-refractivity contribution in [3.63, 3.8) is 0 Å². The Kier molecular flexibility index (Phi) is 9.75. The number of amides is 1. The Morgan fingerprint density at radius 1 is 1.23 bits per heavy atom. The third-order valence-electron chi connectivity index (χ3n) is 7.63. The molecule has 4 rings (SSSR count). The van der Waals surface area contributed by atoms with E-state index in [-0.39, 0.29) is 22.2 Å². The molecule has 39 heavy (non-hydrogen) atoms. The minimum Gasteiger partial charge on any atom is -0.497 e. The van der Waals surface area contributed by atoms with Gasteiger partial charge in [-0.1, -0.05) is 17.7 Å². The molecule has 1 aliphatic heterocycles. The number of rotatable bonds is 10. The largest absolute Gasteiger partial charge is 0.497 e. The summed E-state index contributed by atoms with van der Waals surface area (Å²) in [5.74, 6) is -0.112. The zero-order valence-corrected chi connectivity index (χ0v) is 23.8. The third-order valence-corrected chi connectivity index (χ3v) is 7.88. The van der Waals surface area contributed by atoms with Gasteiger partial charge < -0.3 is 19.9 Å². The SMILES string of the molecule is COc1ccc(N(Cc2cccnc2)C2CCN(C(C)CCNC(=O)c3c(C)nc(Cl)c(F)c3C)CC2)cc1. The van der Waals surface area contributed by atoms with Gasteiger partial charge in [-0.15, -0.1) is 0 Å². The second-order valence-corrected chi connectivity index (χ2v) is 10.5. The van der Waals surface area contributed by atoms with Crippen molar-refractivity contribution in [3.05, 3.63) is 82.1 Å². The molecule has 0 spiro atoms. The topological polar surface area (TPSA) is 70.6 Å². The number of aromatic nitrogens is 2. The van der Waals surface area contributed by atoms with Crippen molar-refractivity contribution in [2.75, 3.05) is 31.6 Å². The number of nitrogens with zero attached hydrogens (tertiary/aromatic N) is 4. The van der Waals surface area contributed by atoms with Gasteiger partial charge in [-0.25, -0.2) is 9.37 Å². The van der Waals surface area contributed by atoms with Crippen LogP contribution in [0.15, 0.2) is 48.8 Å². The fraction of sp³-hybridized carbons (Fsp3) is 0.433. The summed E-state index contributed by atoms with van der Waals surface area (Å²) in [5, 5.41) is 2.74. The molecule has 3 heterocycles. The molecule has 2 aromatic heterocycles. The van der Waals surface area contributed by atoms with Crippen molar-refractivity contribution in [3.8, 4) is 5.75 Å². The van der Waals surface area contributed by atoms with Crippen molar-refractivity contribution in [2.45, 2.75) is 58.7 Å². The molecule has 208 valence electrons. The molecule has 9 heteroatoms. The van der Waals surface area contributed by atoms with Crippen LogP contribution in [0.2, 0.25) is 5.15 Å². The van der Waals surface area contributed by atoms with E-state index < -0.39 is 5.82 Å². The van der Waals surface area contributed by atoms with Crippen LogP contribution in [0.5, 0.6) is 5.75 Å². The minimum atomic E-state index is -0.643. The monoisotopic (exact) mass is 553 g/mol. The van der Waals surface area contributed by atoms with E-state index in [0.717, 1.165) is 44.6 Å². The number of nitrogens with one attached hydrogen (secondary N) is 1. The van der Waals surface area contributed by atoms with E-state index in [0.29, 0.717) is 24.3 Å². The second-order valence-electron chi connectivity index (χ2n) is 10.1. The summed E-state index contributed by atoms with van der Waals surface area (Å²) in [6.07, 6.45) is 6.61. The second kappa shape index (κ2) is 13.2. The Labute approximate surface area is 235 Å². The lowest BCUT2D eigenvalue weighted by Gasteiger charge is -2.42. The van der Waals surface area contributed by atoms with Crippen LogP contribution in [0.25, 0.3) is 0 Å². The first-order valence-corrected chi connectivity index (χ1v) is 13.8. The van der Waals surface area contributed by atoms with E-state index >= 15 is 0 Å². The summed E-state index contributed by atoms with van der Waals surface area (Å²) in [6.45, 7) is 8.68. The molecule has 7 nitrogen and oxygen atoms in total. The number of halogens is 2. The van der Waals surface area contributed by atoms with Crippen LogP contribution in [-0.4, -0.2) is 59.6 Å². The maximum atomic E-state index is 14.2. The Morgan fingerprint density at radius 3 is 2.59 bits per heavy atom. The van der Waals surface area contributed by atoms with Gasteiger partial charge in [0.15, 0.2) is 11.0 Å². The third kappa shape index (κ3) is 7.05. The van der Waals surface area contributed by atoms with Crippen molar-refractivity contribution < 1.29 is 13.9 Å². The molecule has 1 amide bonds. The Morgan fingerprint density at radius 2 is 1.95 bits per heavy atom. The summed E-state index contributed by atoms with van der Waals surface area (Å²) >= 11 is 5.81. The highest BCUT2D eigenvalue weighted by molar-refractivity contribution is 6.29. The maximum Gasteiger partial charge on any atom is 0.253 e. The van der Waals surface area contributed by atoms with Crippen molar-refractivity contribution in [1.82, 2.24) is 20.2 Å². The lowest BCUT2D eigenvalue weighted by molar-refractivity contribution is 0.0943. The molecule has 1 atom stereocenters. The number of likely N-dealkylation sites (tertiary alicyclic amines) is 1. The fourth-order valence-corrected chi connectivity index (χ4v) is 5.59. The molecule has 3 aromatic rings. The predicted octanol–water partition coefficient (Wildman–Crippen LogP) is 5.57. The number of methoxy groups -OCH3 is 1. The van der Waals surface area contributed by atoms with Crippen LogP contribution >= 0.6 is 11.6 Å². The molecular weight excluding hydrogens is 517 g/mol. The average Bonchev–Trinajstić information content (AvgIpc) is 2.95. The van der Waals surface area contributed by atoms with Crippen LogP contribution in [-0.2, 0) is 6.54 Å². The number of piperidine rings is 1. The van der Waals surface area contributed by atoms with E-state index in [1.165, 1.54) is 11.3 Å². The van der Waals surface area contributed by atoms with E-state index in [9.17, 15) is 9.18 Å². The summed E-state index contributed by atoms with van der Waals surface area (Å²) < 4.78 is 19.5. The average molecular weight is 554 g/mol. The summed E-state index contributed by atoms with van der Waals surface area (Å²) in [4.78, 5) is 26.0. The molecule has 1 unspecified atom stereocenters. The van der Waals surface area contributed by atoms with Gasteiger partial charge in [-0.2, -0.15) is 0 Å². The molecular formula is C30H37ClFN5O2. The first-order valence-electron chi connectivity index (χ1n) is 13.4. The Bertz CT molecular complexity index is 1250. The highest BCUT2D eigenvalue weighted by Crippen LogP contribution is 2.28. The molecule has 0 bridgehead atoms. The lowest BCUT2D eigenvalue weighted by Crippen LogP contribution is -2.48. The van der Waals surface area contributed by atoms with Crippen LogP contribution < -0.4 is 15.0 Å². The molecule has 1 saturated heterocycles. The molecule has 1 aromatic carbocycles. The van der Waals surface area contributed by atoms with Crippen LogP contribution in [0, 0.1) is 19.7 Å². The highest BCUT2D eigenvalue weighted by Gasteiger charge is 2.27. The number of anilines is 1. The summed E-state index contributed by atoms with van der Waals surface area (Å²) in [5.41, 5.74) is 3.28. The number of ether oxygens (including phenoxy) is 1. The number of carbonyl (C=O) groups is 1. The molecule has 0 saturated carbocycles. The van der Waals surface area contributed by atoms with Gasteiger partial charge in [-0.3, -0.25) is 9.78 Å². The number of hydrogen-bond acceptors (Lipinski definition) is 6. The van der Waals surface area contributed by atoms with E-state index in [1.807, 2.05) is 24.4 Å². The highest BCUT2D eigenvalue weighted by atomic mass is 35.5. The van der Waals surface area contributed by atoms with Gasteiger partial charge in [-0.05, 0) is 75.9 Å².